The fraction of sp³-hybridized carbons (Fsp3) is 0.273. The van der Waals surface area contributed by atoms with Crippen LogP contribution in [0.15, 0.2) is 42.7 Å². The zero-order chi connectivity index (χ0) is 20.5. The molecule has 4 rings (SSSR count). The first kappa shape index (κ1) is 18.9. The summed E-state index contributed by atoms with van der Waals surface area (Å²) in [7, 11) is 4.83. The van der Waals surface area contributed by atoms with Crippen LogP contribution in [0.25, 0.3) is 5.70 Å². The molecule has 0 aliphatic carbocycles. The van der Waals surface area contributed by atoms with Crippen molar-refractivity contribution in [3.8, 4) is 17.2 Å². The molecule has 0 spiro atoms. The van der Waals surface area contributed by atoms with Crippen molar-refractivity contribution < 1.29 is 14.2 Å². The number of benzene rings is 2. The summed E-state index contributed by atoms with van der Waals surface area (Å²) in [6.07, 6.45) is 3.66. The molecule has 0 amide bonds. The maximum absolute atomic E-state index is 5.71. The normalized spacial score (nSPS) is 15.2. The summed E-state index contributed by atoms with van der Waals surface area (Å²) in [5.41, 5.74) is 5.45. The first-order valence-corrected chi connectivity index (χ1v) is 9.32. The average Bonchev–Trinajstić information content (AvgIpc) is 3.22. The van der Waals surface area contributed by atoms with Crippen molar-refractivity contribution in [2.75, 3.05) is 26.6 Å². The van der Waals surface area contributed by atoms with Gasteiger partial charge in [-0.1, -0.05) is 12.1 Å². The Morgan fingerprint density at radius 1 is 0.931 bits per heavy atom. The molecule has 0 bridgehead atoms. The van der Waals surface area contributed by atoms with E-state index in [1.165, 1.54) is 11.1 Å². The molecule has 1 atom stereocenters. The van der Waals surface area contributed by atoms with Crippen molar-refractivity contribution >= 4 is 11.6 Å². The van der Waals surface area contributed by atoms with Crippen molar-refractivity contribution in [2.45, 2.75) is 19.9 Å². The van der Waals surface area contributed by atoms with E-state index in [1.54, 1.807) is 27.7 Å². The summed E-state index contributed by atoms with van der Waals surface area (Å²) in [6, 6.07) is 10.0. The van der Waals surface area contributed by atoms with E-state index < -0.39 is 0 Å². The topological polar surface area (TPSA) is 70.4 Å². The van der Waals surface area contributed by atoms with Gasteiger partial charge in [0, 0.05) is 11.3 Å². The van der Waals surface area contributed by atoms with E-state index in [9.17, 15) is 0 Å². The maximum atomic E-state index is 5.71. The summed E-state index contributed by atoms with van der Waals surface area (Å²) < 4.78 is 18.5. The van der Waals surface area contributed by atoms with Gasteiger partial charge in [0.25, 0.3) is 0 Å². The van der Waals surface area contributed by atoms with Crippen LogP contribution < -0.4 is 19.5 Å². The van der Waals surface area contributed by atoms with E-state index >= 15 is 0 Å². The number of aromatic nitrogens is 3. The lowest BCUT2D eigenvalue weighted by atomic mass is 9.98. The largest absolute Gasteiger partial charge is 0.493 e. The number of allylic oxidation sites excluding steroid dienone is 1. The number of methoxy groups -OCH3 is 3. The second kappa shape index (κ2) is 7.50. The molecule has 1 aliphatic rings. The van der Waals surface area contributed by atoms with Crippen molar-refractivity contribution in [3.05, 3.63) is 65.0 Å². The van der Waals surface area contributed by atoms with E-state index in [1.807, 2.05) is 16.8 Å². The van der Waals surface area contributed by atoms with Crippen LogP contribution in [0.1, 0.15) is 28.3 Å². The third kappa shape index (κ3) is 3.18. The van der Waals surface area contributed by atoms with Crippen molar-refractivity contribution in [3.63, 3.8) is 0 Å². The minimum Gasteiger partial charge on any atom is -0.493 e. The van der Waals surface area contributed by atoms with Gasteiger partial charge < -0.3 is 19.5 Å². The Bertz CT molecular complexity index is 1090. The Balaban J connectivity index is 1.88. The molecular weight excluding hydrogens is 368 g/mol. The molecule has 1 N–H and O–H groups in total. The highest BCUT2D eigenvalue weighted by atomic mass is 16.5. The standard InChI is InChI=1S/C22H24N4O3/c1-13-6-7-15(10-14(13)2)17-11-18(26-22(25-17)23-12-24-26)16-8-9-19(27-3)21(29-5)20(16)28-4/h6-12,18H,1-5H3,(H,23,24,25)/t18-/m1/s1. The van der Waals surface area contributed by atoms with Gasteiger partial charge in [-0.05, 0) is 54.8 Å². The molecular formula is C22H24N4O3. The van der Waals surface area contributed by atoms with Gasteiger partial charge in [-0.3, -0.25) is 0 Å². The number of rotatable bonds is 5. The molecule has 0 saturated carbocycles. The van der Waals surface area contributed by atoms with Crippen molar-refractivity contribution in [1.29, 1.82) is 0 Å². The van der Waals surface area contributed by atoms with Crippen LogP contribution in [0, 0.1) is 13.8 Å². The van der Waals surface area contributed by atoms with Gasteiger partial charge in [0.2, 0.25) is 11.7 Å². The Morgan fingerprint density at radius 3 is 2.41 bits per heavy atom. The molecule has 1 aromatic heterocycles. The predicted octanol–water partition coefficient (Wildman–Crippen LogP) is 3.98. The second-order valence-corrected chi connectivity index (χ2v) is 6.90. The number of nitrogens with zero attached hydrogens (tertiary/aromatic N) is 3. The lowest BCUT2D eigenvalue weighted by Crippen LogP contribution is -2.21. The van der Waals surface area contributed by atoms with Crippen LogP contribution in [0.5, 0.6) is 17.2 Å². The molecule has 150 valence electrons. The second-order valence-electron chi connectivity index (χ2n) is 6.90. The van der Waals surface area contributed by atoms with Gasteiger partial charge in [0.15, 0.2) is 11.5 Å². The number of fused-ring (bicyclic) bond motifs is 1. The Hall–Kier alpha value is -3.48. The number of anilines is 1. The summed E-state index contributed by atoms with van der Waals surface area (Å²) >= 11 is 0. The monoisotopic (exact) mass is 392 g/mol. The molecule has 7 heteroatoms. The maximum Gasteiger partial charge on any atom is 0.226 e. The number of hydrogen-bond donors (Lipinski definition) is 1. The highest BCUT2D eigenvalue weighted by molar-refractivity contribution is 5.78. The van der Waals surface area contributed by atoms with Gasteiger partial charge >= 0.3 is 0 Å². The third-order valence-electron chi connectivity index (χ3n) is 5.28. The first-order chi connectivity index (χ1) is 14.1. The lowest BCUT2D eigenvalue weighted by molar-refractivity contribution is 0.320. The minimum absolute atomic E-state index is 0.222. The molecule has 3 aromatic rings. The molecule has 0 unspecified atom stereocenters. The third-order valence-corrected chi connectivity index (χ3v) is 5.28. The summed E-state index contributed by atoms with van der Waals surface area (Å²) in [5.74, 6) is 2.44. The van der Waals surface area contributed by atoms with Gasteiger partial charge in [0.05, 0.1) is 21.3 Å². The molecule has 2 aromatic carbocycles. The fourth-order valence-corrected chi connectivity index (χ4v) is 3.59. The summed E-state index contributed by atoms with van der Waals surface area (Å²) in [4.78, 5) is 4.38. The van der Waals surface area contributed by atoms with Crippen molar-refractivity contribution in [1.82, 2.24) is 14.8 Å². The zero-order valence-corrected chi connectivity index (χ0v) is 17.2. The van der Waals surface area contributed by atoms with Gasteiger partial charge in [-0.2, -0.15) is 10.1 Å². The number of hydrogen-bond acceptors (Lipinski definition) is 6. The molecule has 7 nitrogen and oxygen atoms in total. The highest BCUT2D eigenvalue weighted by Gasteiger charge is 2.28. The predicted molar refractivity (Wildman–Crippen MR) is 112 cm³/mol. The van der Waals surface area contributed by atoms with E-state index in [0.29, 0.717) is 23.2 Å². The number of nitrogens with one attached hydrogen (secondary N) is 1. The smallest absolute Gasteiger partial charge is 0.226 e. The average molecular weight is 392 g/mol. The zero-order valence-electron chi connectivity index (χ0n) is 17.2. The fourth-order valence-electron chi connectivity index (χ4n) is 3.59. The lowest BCUT2D eigenvalue weighted by Gasteiger charge is -2.26. The van der Waals surface area contributed by atoms with Gasteiger partial charge in [0.1, 0.15) is 12.4 Å². The van der Waals surface area contributed by atoms with E-state index in [4.69, 9.17) is 14.2 Å². The van der Waals surface area contributed by atoms with Crippen LogP contribution in [-0.2, 0) is 0 Å². The van der Waals surface area contributed by atoms with Crippen LogP contribution in [0.3, 0.4) is 0 Å². The highest BCUT2D eigenvalue weighted by Crippen LogP contribution is 2.45. The number of ether oxygens (including phenoxy) is 3. The quantitative estimate of drug-likeness (QED) is 0.708. The molecule has 0 fully saturated rings. The van der Waals surface area contributed by atoms with Gasteiger partial charge in [-0.25, -0.2) is 4.68 Å². The summed E-state index contributed by atoms with van der Waals surface area (Å²) in [6.45, 7) is 4.22. The van der Waals surface area contributed by atoms with E-state index in [2.05, 4.69) is 53.5 Å². The molecule has 2 heterocycles. The van der Waals surface area contributed by atoms with Gasteiger partial charge in [-0.15, -0.1) is 0 Å². The molecule has 0 saturated heterocycles. The van der Waals surface area contributed by atoms with Crippen LogP contribution in [0.4, 0.5) is 5.95 Å². The van der Waals surface area contributed by atoms with E-state index in [-0.39, 0.29) is 6.04 Å². The van der Waals surface area contributed by atoms with E-state index in [0.717, 1.165) is 16.8 Å². The molecule has 0 radical (unpaired) electrons. The number of aryl methyl sites for hydroxylation is 2. The van der Waals surface area contributed by atoms with Crippen LogP contribution in [-0.4, -0.2) is 36.1 Å². The molecule has 29 heavy (non-hydrogen) atoms. The summed E-state index contributed by atoms with van der Waals surface area (Å²) in [5, 5.41) is 7.80. The van der Waals surface area contributed by atoms with Crippen molar-refractivity contribution in [2.24, 2.45) is 0 Å². The van der Waals surface area contributed by atoms with Crippen LogP contribution in [0.2, 0.25) is 0 Å². The van der Waals surface area contributed by atoms with Crippen LogP contribution >= 0.6 is 0 Å². The minimum atomic E-state index is -0.222. The molecule has 1 aliphatic heterocycles. The Labute approximate surface area is 169 Å². The Kier molecular flexibility index (Phi) is 4.88. The first-order valence-electron chi connectivity index (χ1n) is 9.32. The SMILES string of the molecule is COc1ccc([C@H]2C=C(c3ccc(C)c(C)c3)Nc3ncnn32)c(OC)c1OC. The Morgan fingerprint density at radius 2 is 1.72 bits per heavy atom.